The molecule has 4 heterocycles. The molecule has 7 heteroatoms. The maximum absolute atomic E-state index is 11.0. The highest BCUT2D eigenvalue weighted by molar-refractivity contribution is 7.00. The predicted octanol–water partition coefficient (Wildman–Crippen LogP) is 14.2. The van der Waals surface area contributed by atoms with E-state index >= 15 is 0 Å². The first-order valence-corrected chi connectivity index (χ1v) is 24.3. The largest absolute Gasteiger partial charge is 0.311 e. The minimum absolute atomic E-state index is 0.0207. The van der Waals surface area contributed by atoms with Crippen LogP contribution in [0.25, 0.3) is 72.5 Å². The van der Waals surface area contributed by atoms with Gasteiger partial charge in [0, 0.05) is 61.6 Å². The maximum atomic E-state index is 11.0. The number of rotatable bonds is 7. The topological polar surface area (TPSA) is 61.0 Å². The molecule has 0 radical (unpaired) electrons. The Hall–Kier alpha value is -9.77. The van der Waals surface area contributed by atoms with Crippen LogP contribution in [0.2, 0.25) is 0 Å². The van der Waals surface area contributed by atoms with E-state index in [4.69, 9.17) is 9.97 Å². The molecule has 0 fully saturated rings. The van der Waals surface area contributed by atoms with Gasteiger partial charge in [-0.25, -0.2) is 9.97 Å². The molecule has 0 bridgehead atoms. The third-order valence-electron chi connectivity index (χ3n) is 14.4. The molecule has 12 aromatic rings. The summed E-state index contributed by atoms with van der Waals surface area (Å²) in [5, 5.41) is 13.1. The molecule has 10 aromatic carbocycles. The first kappa shape index (κ1) is 41.2. The van der Waals surface area contributed by atoms with Crippen molar-refractivity contribution >= 4 is 79.0 Å². The second-order valence-corrected chi connectivity index (χ2v) is 18.4. The van der Waals surface area contributed by atoms with Crippen molar-refractivity contribution in [3.8, 4) is 56.8 Å². The fourth-order valence-electron chi connectivity index (χ4n) is 11.3. The van der Waals surface area contributed by atoms with Crippen molar-refractivity contribution in [1.29, 1.82) is 5.26 Å². The van der Waals surface area contributed by atoms with Gasteiger partial charge >= 0.3 is 0 Å². The Morgan fingerprint density at radius 3 is 1.49 bits per heavy atom. The lowest BCUT2D eigenvalue weighted by molar-refractivity contribution is 1.13. The van der Waals surface area contributed by atoms with Gasteiger partial charge in [-0.15, -0.1) is 0 Å². The van der Waals surface area contributed by atoms with E-state index in [0.717, 1.165) is 89.4 Å². The monoisotopic (exact) mass is 916 g/mol. The van der Waals surface area contributed by atoms with Crippen LogP contribution in [0.3, 0.4) is 0 Å². The second-order valence-electron chi connectivity index (χ2n) is 18.4. The molecule has 14 rings (SSSR count). The van der Waals surface area contributed by atoms with Crippen LogP contribution in [0.4, 0.5) is 34.1 Å². The van der Waals surface area contributed by atoms with Gasteiger partial charge in [0.2, 0.25) is 0 Å². The van der Waals surface area contributed by atoms with Gasteiger partial charge in [-0.3, -0.25) is 0 Å². The van der Waals surface area contributed by atoms with E-state index in [0.29, 0.717) is 11.4 Å². The Morgan fingerprint density at radius 1 is 0.389 bits per heavy atom. The molecule has 2 aliphatic heterocycles. The van der Waals surface area contributed by atoms with Crippen molar-refractivity contribution in [2.45, 2.75) is 0 Å². The second kappa shape index (κ2) is 16.7. The van der Waals surface area contributed by atoms with Gasteiger partial charge in [-0.1, -0.05) is 164 Å². The first-order chi connectivity index (χ1) is 35.7. The van der Waals surface area contributed by atoms with Gasteiger partial charge in [0.15, 0.2) is 5.82 Å². The van der Waals surface area contributed by atoms with Crippen molar-refractivity contribution in [2.24, 2.45) is 0 Å². The number of fused-ring (bicyclic) bond motifs is 7. The van der Waals surface area contributed by atoms with E-state index < -0.39 is 0 Å². The molecule has 0 atom stereocenters. The Balaban J connectivity index is 1.01. The Morgan fingerprint density at radius 2 is 0.903 bits per heavy atom. The van der Waals surface area contributed by atoms with Crippen LogP contribution in [-0.2, 0) is 0 Å². The van der Waals surface area contributed by atoms with Gasteiger partial charge in [0.25, 0.3) is 6.71 Å². The maximum Gasteiger partial charge on any atom is 0.252 e. The molecule has 2 aliphatic rings. The number of hydrogen-bond acceptors (Lipinski definition) is 5. The van der Waals surface area contributed by atoms with Crippen LogP contribution in [-0.4, -0.2) is 21.2 Å². The van der Waals surface area contributed by atoms with Crippen LogP contribution < -0.4 is 26.2 Å². The van der Waals surface area contributed by atoms with Gasteiger partial charge in [-0.05, 0) is 112 Å². The van der Waals surface area contributed by atoms with E-state index in [1.807, 2.05) is 54.6 Å². The quantitative estimate of drug-likeness (QED) is 0.149. The van der Waals surface area contributed by atoms with Crippen LogP contribution >= 0.6 is 0 Å². The summed E-state index contributed by atoms with van der Waals surface area (Å²) in [7, 11) is 0. The van der Waals surface area contributed by atoms with Crippen LogP contribution in [0, 0.1) is 11.3 Å². The summed E-state index contributed by atoms with van der Waals surface area (Å²) in [6, 6.07) is 90.4. The fraction of sp³-hybridized carbons (Fsp3) is 0. The number of hydrogen-bond donors (Lipinski definition) is 0. The minimum atomic E-state index is 0.0207. The third kappa shape index (κ3) is 6.51. The van der Waals surface area contributed by atoms with Gasteiger partial charge in [0.05, 0.1) is 33.7 Å². The van der Waals surface area contributed by atoms with Crippen molar-refractivity contribution in [3.63, 3.8) is 0 Å². The Bertz CT molecular complexity index is 3960. The molecule has 0 aliphatic carbocycles. The first-order valence-electron chi connectivity index (χ1n) is 24.3. The number of nitriles is 1. The molecule has 0 N–H and O–H groups in total. The standard InChI is InChI=1S/C65H41BN6/c67-42-46-24-19-30-51(65-68-55(43-20-5-1-6-21-43)41-56(69-65)44-22-7-2-8-23-44)64(46)72-57-33-16-13-29-50(57)52-38-45(36-37-58(52)72)47-39-61-63-62(40-47)71(49-27-11-4-12-28-49)60-35-18-15-32-54(60)66(63)53-31-14-17-34-59(53)70(61)48-25-9-3-10-26-48/h1-41H. The minimum Gasteiger partial charge on any atom is -0.311 e. The van der Waals surface area contributed by atoms with E-state index in [9.17, 15) is 5.26 Å². The number of nitrogens with zero attached hydrogens (tertiary/aromatic N) is 6. The lowest BCUT2D eigenvalue weighted by Gasteiger charge is -2.44. The summed E-state index contributed by atoms with van der Waals surface area (Å²) in [5.74, 6) is 0.542. The highest BCUT2D eigenvalue weighted by Gasteiger charge is 2.43. The van der Waals surface area contributed by atoms with Crippen molar-refractivity contribution in [1.82, 2.24) is 14.5 Å². The van der Waals surface area contributed by atoms with E-state index in [1.54, 1.807) is 0 Å². The molecule has 72 heavy (non-hydrogen) atoms. The zero-order chi connectivity index (χ0) is 47.7. The fourth-order valence-corrected chi connectivity index (χ4v) is 11.3. The normalized spacial score (nSPS) is 12.3. The summed E-state index contributed by atoms with van der Waals surface area (Å²) in [5.41, 5.74) is 20.4. The van der Waals surface area contributed by atoms with E-state index in [2.05, 4.69) is 215 Å². The molecule has 0 spiro atoms. The molecule has 0 amide bonds. The summed E-state index contributed by atoms with van der Waals surface area (Å²) in [6.45, 7) is 0.0207. The van der Waals surface area contributed by atoms with E-state index in [1.165, 1.54) is 27.8 Å². The lowest BCUT2D eigenvalue weighted by Crippen LogP contribution is -2.61. The number of benzene rings is 10. The van der Waals surface area contributed by atoms with Crippen molar-refractivity contribution in [2.75, 3.05) is 9.80 Å². The zero-order valence-electron chi connectivity index (χ0n) is 38.9. The third-order valence-corrected chi connectivity index (χ3v) is 14.4. The summed E-state index contributed by atoms with van der Waals surface area (Å²) in [4.78, 5) is 15.4. The smallest absolute Gasteiger partial charge is 0.252 e. The van der Waals surface area contributed by atoms with E-state index in [-0.39, 0.29) is 6.71 Å². The molecular formula is C65H41BN6. The number of aromatic nitrogens is 3. The average molecular weight is 917 g/mol. The van der Waals surface area contributed by atoms with Gasteiger partial charge in [0.1, 0.15) is 6.07 Å². The highest BCUT2D eigenvalue weighted by atomic mass is 15.2. The van der Waals surface area contributed by atoms with Crippen molar-refractivity contribution in [3.05, 3.63) is 254 Å². The molecule has 6 nitrogen and oxygen atoms in total. The highest BCUT2D eigenvalue weighted by Crippen LogP contribution is 2.47. The predicted molar refractivity (Wildman–Crippen MR) is 297 cm³/mol. The summed E-state index contributed by atoms with van der Waals surface area (Å²) >= 11 is 0. The summed E-state index contributed by atoms with van der Waals surface area (Å²) < 4.78 is 2.24. The van der Waals surface area contributed by atoms with Gasteiger partial charge < -0.3 is 14.4 Å². The summed E-state index contributed by atoms with van der Waals surface area (Å²) in [6.07, 6.45) is 0. The van der Waals surface area contributed by atoms with Crippen LogP contribution in [0.5, 0.6) is 0 Å². The molecule has 334 valence electrons. The lowest BCUT2D eigenvalue weighted by atomic mass is 9.33. The van der Waals surface area contributed by atoms with Crippen LogP contribution in [0.1, 0.15) is 5.56 Å². The average Bonchev–Trinajstić information content (AvgIpc) is 3.78. The van der Waals surface area contributed by atoms with Crippen LogP contribution in [0.15, 0.2) is 249 Å². The number of para-hydroxylation sites is 6. The molecular weight excluding hydrogens is 876 g/mol. The molecule has 0 saturated heterocycles. The zero-order valence-corrected chi connectivity index (χ0v) is 38.9. The molecule has 0 unspecified atom stereocenters. The van der Waals surface area contributed by atoms with Crippen molar-refractivity contribution < 1.29 is 0 Å². The van der Waals surface area contributed by atoms with Gasteiger partial charge in [-0.2, -0.15) is 5.26 Å². The Kier molecular flexibility index (Phi) is 9.58. The SMILES string of the molecule is N#Cc1cccc(-c2nc(-c3ccccc3)cc(-c3ccccc3)n2)c1-n1c2ccccc2c2cc(-c3cc4c5c(c3)N(c3ccccc3)c3ccccc3B5c3ccccc3N4c3ccccc3)ccc21. The molecule has 2 aromatic heterocycles. The number of anilines is 6. The Labute approximate surface area is 417 Å². The molecule has 0 saturated carbocycles.